The number of aliphatic imine (C=N–C) groups is 1. The fraction of sp³-hybridized carbons (Fsp3) is 0.611. The van der Waals surface area contributed by atoms with Gasteiger partial charge in [-0.3, -0.25) is 9.20 Å². The van der Waals surface area contributed by atoms with Crippen LogP contribution in [0.25, 0.3) is 0 Å². The van der Waals surface area contributed by atoms with Crippen LogP contribution in [0.5, 0.6) is 0 Å². The van der Waals surface area contributed by atoms with Gasteiger partial charge in [0.25, 0.3) is 0 Å². The SMILES string of the molecule is CN=C(NCCS(=O)Cc1ccccc1)N1CCC2(CCC2)C1. The number of rotatable bonds is 5. The average Bonchev–Trinajstić information content (AvgIpc) is 2.98. The molecule has 0 bridgehead atoms. The molecule has 1 saturated heterocycles. The summed E-state index contributed by atoms with van der Waals surface area (Å²) in [5.74, 6) is 2.27. The van der Waals surface area contributed by atoms with Crippen molar-refractivity contribution in [1.82, 2.24) is 10.2 Å². The fourth-order valence-electron chi connectivity index (χ4n) is 3.64. The number of likely N-dealkylation sites (tertiary alicyclic amines) is 1. The van der Waals surface area contributed by atoms with Crippen molar-refractivity contribution in [2.45, 2.75) is 31.4 Å². The van der Waals surface area contributed by atoms with Gasteiger partial charge < -0.3 is 10.2 Å². The molecule has 2 aliphatic rings. The molecule has 0 radical (unpaired) electrons. The highest BCUT2D eigenvalue weighted by molar-refractivity contribution is 7.84. The lowest BCUT2D eigenvalue weighted by atomic mass is 9.68. The Morgan fingerprint density at radius 3 is 2.70 bits per heavy atom. The highest BCUT2D eigenvalue weighted by atomic mass is 32.2. The van der Waals surface area contributed by atoms with Crippen LogP contribution < -0.4 is 5.32 Å². The minimum absolute atomic E-state index is 0.577. The summed E-state index contributed by atoms with van der Waals surface area (Å²) >= 11 is 0. The molecular formula is C18H27N3OS. The van der Waals surface area contributed by atoms with Crippen molar-refractivity contribution >= 4 is 16.8 Å². The molecule has 1 aliphatic heterocycles. The van der Waals surface area contributed by atoms with Crippen LogP contribution in [-0.2, 0) is 16.6 Å². The Labute approximate surface area is 141 Å². The molecule has 126 valence electrons. The van der Waals surface area contributed by atoms with E-state index in [1.807, 2.05) is 37.4 Å². The Bertz CT molecular complexity index is 569. The first kappa shape index (κ1) is 16.5. The van der Waals surface area contributed by atoms with Crippen molar-refractivity contribution in [2.75, 3.05) is 32.4 Å². The summed E-state index contributed by atoms with van der Waals surface area (Å²) in [7, 11) is 1.01. The van der Waals surface area contributed by atoms with E-state index in [1.165, 1.54) is 25.7 Å². The molecule has 3 rings (SSSR count). The standard InChI is InChI=1S/C18H27N3OS/c1-19-17(21-12-10-18(15-21)8-5-9-18)20-11-13-23(22)14-16-6-3-2-4-7-16/h2-4,6-7H,5,8-15H2,1H3,(H,19,20). The molecule has 1 aromatic rings. The predicted octanol–water partition coefficient (Wildman–Crippen LogP) is 2.39. The molecule has 1 saturated carbocycles. The van der Waals surface area contributed by atoms with Gasteiger partial charge in [-0.25, -0.2) is 0 Å². The Hall–Kier alpha value is -1.36. The summed E-state index contributed by atoms with van der Waals surface area (Å²) in [6.45, 7) is 2.96. The largest absolute Gasteiger partial charge is 0.355 e. The van der Waals surface area contributed by atoms with Gasteiger partial charge in [0.1, 0.15) is 0 Å². The molecule has 0 aromatic heterocycles. The highest BCUT2D eigenvalue weighted by Crippen LogP contribution is 2.47. The first-order chi connectivity index (χ1) is 11.2. The molecule has 0 amide bonds. The number of nitrogens with zero attached hydrogens (tertiary/aromatic N) is 2. The van der Waals surface area contributed by atoms with Crippen LogP contribution in [0.2, 0.25) is 0 Å². The molecular weight excluding hydrogens is 306 g/mol. The zero-order valence-corrected chi connectivity index (χ0v) is 14.8. The summed E-state index contributed by atoms with van der Waals surface area (Å²) in [5, 5.41) is 3.40. The Morgan fingerprint density at radius 1 is 1.30 bits per heavy atom. The van der Waals surface area contributed by atoms with Crippen LogP contribution in [-0.4, -0.2) is 47.5 Å². The van der Waals surface area contributed by atoms with E-state index >= 15 is 0 Å². The number of hydrogen-bond acceptors (Lipinski definition) is 2. The zero-order valence-electron chi connectivity index (χ0n) is 14.0. The van der Waals surface area contributed by atoms with Gasteiger partial charge in [0.15, 0.2) is 5.96 Å². The summed E-state index contributed by atoms with van der Waals surface area (Å²) in [4.78, 5) is 6.78. The molecule has 1 spiro atoms. The second kappa shape index (κ2) is 7.47. The third-order valence-electron chi connectivity index (χ3n) is 5.15. The number of nitrogens with one attached hydrogen (secondary N) is 1. The van der Waals surface area contributed by atoms with E-state index < -0.39 is 10.8 Å². The lowest BCUT2D eigenvalue weighted by molar-refractivity contribution is 0.151. The first-order valence-corrected chi connectivity index (χ1v) is 10.0. The molecule has 1 N–H and O–H groups in total. The Balaban J connectivity index is 1.41. The Morgan fingerprint density at radius 2 is 2.09 bits per heavy atom. The molecule has 1 unspecified atom stereocenters. The van der Waals surface area contributed by atoms with Gasteiger partial charge in [0, 0.05) is 49.0 Å². The van der Waals surface area contributed by atoms with Crippen molar-refractivity contribution in [1.29, 1.82) is 0 Å². The minimum Gasteiger partial charge on any atom is -0.355 e. The van der Waals surface area contributed by atoms with Crippen molar-refractivity contribution in [3.8, 4) is 0 Å². The lowest BCUT2D eigenvalue weighted by Crippen LogP contribution is -2.43. The Kier molecular flexibility index (Phi) is 5.36. The van der Waals surface area contributed by atoms with Crippen molar-refractivity contribution < 1.29 is 4.21 Å². The van der Waals surface area contributed by atoms with Crippen LogP contribution >= 0.6 is 0 Å². The van der Waals surface area contributed by atoms with Gasteiger partial charge in [-0.05, 0) is 30.2 Å². The van der Waals surface area contributed by atoms with E-state index in [0.717, 1.165) is 31.2 Å². The van der Waals surface area contributed by atoms with Gasteiger partial charge in [0.2, 0.25) is 0 Å². The number of guanidine groups is 1. The molecule has 4 nitrogen and oxygen atoms in total. The lowest BCUT2D eigenvalue weighted by Gasteiger charge is -2.38. The van der Waals surface area contributed by atoms with Crippen LogP contribution in [0, 0.1) is 5.41 Å². The van der Waals surface area contributed by atoms with E-state index in [-0.39, 0.29) is 0 Å². The van der Waals surface area contributed by atoms with Crippen LogP contribution in [0.3, 0.4) is 0 Å². The number of benzene rings is 1. The number of hydrogen-bond donors (Lipinski definition) is 1. The highest BCUT2D eigenvalue weighted by Gasteiger charge is 2.43. The minimum atomic E-state index is -0.833. The van der Waals surface area contributed by atoms with E-state index in [2.05, 4.69) is 15.2 Å². The quantitative estimate of drug-likeness (QED) is 0.665. The van der Waals surface area contributed by atoms with Crippen molar-refractivity contribution in [2.24, 2.45) is 10.4 Å². The maximum Gasteiger partial charge on any atom is 0.193 e. The first-order valence-electron chi connectivity index (χ1n) is 8.55. The summed E-state index contributed by atoms with van der Waals surface area (Å²) < 4.78 is 12.2. The van der Waals surface area contributed by atoms with Gasteiger partial charge in [-0.15, -0.1) is 0 Å². The van der Waals surface area contributed by atoms with E-state index in [9.17, 15) is 4.21 Å². The molecule has 23 heavy (non-hydrogen) atoms. The third-order valence-corrected chi connectivity index (χ3v) is 6.46. The molecule has 2 fully saturated rings. The zero-order chi connectivity index (χ0) is 16.1. The van der Waals surface area contributed by atoms with Gasteiger partial charge >= 0.3 is 0 Å². The summed E-state index contributed by atoms with van der Waals surface area (Å²) in [5.41, 5.74) is 1.72. The fourth-order valence-corrected chi connectivity index (χ4v) is 4.68. The van der Waals surface area contributed by atoms with Gasteiger partial charge in [-0.1, -0.05) is 36.8 Å². The summed E-state index contributed by atoms with van der Waals surface area (Å²) in [6.07, 6.45) is 5.44. The smallest absolute Gasteiger partial charge is 0.193 e. The normalized spacial score (nSPS) is 21.3. The molecule has 1 aromatic carbocycles. The third kappa shape index (κ3) is 4.14. The van der Waals surface area contributed by atoms with Gasteiger partial charge in [-0.2, -0.15) is 0 Å². The van der Waals surface area contributed by atoms with E-state index in [0.29, 0.717) is 16.9 Å². The average molecular weight is 334 g/mol. The molecule has 1 atom stereocenters. The topological polar surface area (TPSA) is 44.7 Å². The molecule has 5 heteroatoms. The van der Waals surface area contributed by atoms with E-state index in [4.69, 9.17) is 0 Å². The summed E-state index contributed by atoms with van der Waals surface area (Å²) in [6, 6.07) is 10.1. The van der Waals surface area contributed by atoms with Crippen LogP contribution in [0.1, 0.15) is 31.2 Å². The van der Waals surface area contributed by atoms with Crippen LogP contribution in [0.4, 0.5) is 0 Å². The predicted molar refractivity (Wildman–Crippen MR) is 97.0 cm³/mol. The monoisotopic (exact) mass is 333 g/mol. The second-order valence-electron chi connectivity index (χ2n) is 6.77. The van der Waals surface area contributed by atoms with Crippen molar-refractivity contribution in [3.05, 3.63) is 35.9 Å². The van der Waals surface area contributed by atoms with E-state index in [1.54, 1.807) is 0 Å². The maximum atomic E-state index is 12.2. The molecule has 1 heterocycles. The van der Waals surface area contributed by atoms with Gasteiger partial charge in [0.05, 0.1) is 0 Å². The van der Waals surface area contributed by atoms with Crippen LogP contribution in [0.15, 0.2) is 35.3 Å². The maximum absolute atomic E-state index is 12.2. The second-order valence-corrected chi connectivity index (χ2v) is 8.35. The molecule has 1 aliphatic carbocycles. The van der Waals surface area contributed by atoms with Crippen molar-refractivity contribution in [3.63, 3.8) is 0 Å².